The Kier molecular flexibility index (Phi) is 4.46. The second kappa shape index (κ2) is 6.20. The molecule has 1 heterocycles. The topological polar surface area (TPSA) is 50.1 Å². The second-order valence-corrected chi connectivity index (χ2v) is 6.74. The van der Waals surface area contributed by atoms with Crippen molar-refractivity contribution in [3.05, 3.63) is 45.7 Å². The first-order valence-corrected chi connectivity index (χ1v) is 8.12. The molecule has 4 nitrogen and oxygen atoms in total. The SMILES string of the molecule is Cc1nn(-c2ccccc2Cl)c(Cl)c1CNCC1(CO)CC1. The smallest absolute Gasteiger partial charge is 0.137 e. The van der Waals surface area contributed by atoms with Gasteiger partial charge in [-0.25, -0.2) is 4.68 Å². The van der Waals surface area contributed by atoms with Crippen LogP contribution in [0.2, 0.25) is 10.2 Å². The highest BCUT2D eigenvalue weighted by atomic mass is 35.5. The van der Waals surface area contributed by atoms with E-state index in [2.05, 4.69) is 10.4 Å². The highest BCUT2D eigenvalue weighted by Gasteiger charge is 2.41. The standard InChI is InChI=1S/C16H19Cl2N3O/c1-11-12(8-19-9-16(10-22)6-7-16)15(18)21(20-11)14-5-3-2-4-13(14)17/h2-5,19,22H,6-10H2,1H3. The number of benzene rings is 1. The summed E-state index contributed by atoms with van der Waals surface area (Å²) in [7, 11) is 0. The maximum absolute atomic E-state index is 9.35. The largest absolute Gasteiger partial charge is 0.396 e. The molecular formula is C16H19Cl2N3O. The molecule has 0 spiro atoms. The van der Waals surface area contributed by atoms with Gasteiger partial charge >= 0.3 is 0 Å². The van der Waals surface area contributed by atoms with Crippen LogP contribution < -0.4 is 5.32 Å². The minimum atomic E-state index is 0.0825. The zero-order chi connectivity index (χ0) is 15.7. The molecule has 118 valence electrons. The molecule has 0 atom stereocenters. The molecule has 0 aliphatic heterocycles. The van der Waals surface area contributed by atoms with Gasteiger partial charge in [-0.05, 0) is 31.9 Å². The lowest BCUT2D eigenvalue weighted by Crippen LogP contribution is -2.26. The molecular weight excluding hydrogens is 321 g/mol. The molecule has 1 aromatic carbocycles. The number of aliphatic hydroxyl groups is 1. The average molecular weight is 340 g/mol. The summed E-state index contributed by atoms with van der Waals surface area (Å²) in [4.78, 5) is 0. The van der Waals surface area contributed by atoms with Gasteiger partial charge in [0, 0.05) is 30.7 Å². The first kappa shape index (κ1) is 15.8. The minimum absolute atomic E-state index is 0.0825. The molecule has 0 unspecified atom stereocenters. The predicted molar refractivity (Wildman–Crippen MR) is 88.8 cm³/mol. The molecule has 0 saturated heterocycles. The average Bonchev–Trinajstić information content (AvgIpc) is 3.24. The third-order valence-corrected chi connectivity index (χ3v) is 5.00. The van der Waals surface area contributed by atoms with Gasteiger partial charge in [-0.2, -0.15) is 5.10 Å². The molecule has 1 saturated carbocycles. The van der Waals surface area contributed by atoms with Crippen molar-refractivity contribution in [2.75, 3.05) is 13.2 Å². The molecule has 2 N–H and O–H groups in total. The van der Waals surface area contributed by atoms with E-state index < -0.39 is 0 Å². The first-order valence-electron chi connectivity index (χ1n) is 7.37. The third-order valence-electron chi connectivity index (χ3n) is 4.30. The highest BCUT2D eigenvalue weighted by Crippen LogP contribution is 2.44. The molecule has 0 amide bonds. The number of aryl methyl sites for hydroxylation is 1. The van der Waals surface area contributed by atoms with Crippen LogP contribution in [-0.4, -0.2) is 28.0 Å². The lowest BCUT2D eigenvalue weighted by molar-refractivity contribution is 0.207. The van der Waals surface area contributed by atoms with E-state index in [0.29, 0.717) is 16.7 Å². The summed E-state index contributed by atoms with van der Waals surface area (Å²) in [5, 5.41) is 18.4. The summed E-state index contributed by atoms with van der Waals surface area (Å²) >= 11 is 12.7. The number of aliphatic hydroxyl groups excluding tert-OH is 1. The molecule has 22 heavy (non-hydrogen) atoms. The Morgan fingerprint density at radius 2 is 2.05 bits per heavy atom. The summed E-state index contributed by atoms with van der Waals surface area (Å²) in [6, 6.07) is 7.50. The van der Waals surface area contributed by atoms with Gasteiger partial charge in [0.15, 0.2) is 0 Å². The van der Waals surface area contributed by atoms with E-state index in [1.165, 1.54) is 0 Å². The lowest BCUT2D eigenvalue weighted by Gasteiger charge is -2.12. The quantitative estimate of drug-likeness (QED) is 0.848. The Morgan fingerprint density at radius 3 is 2.68 bits per heavy atom. The van der Waals surface area contributed by atoms with Gasteiger partial charge in [-0.1, -0.05) is 35.3 Å². The van der Waals surface area contributed by atoms with Crippen LogP contribution in [0.15, 0.2) is 24.3 Å². The van der Waals surface area contributed by atoms with Crippen molar-refractivity contribution in [1.29, 1.82) is 0 Å². The second-order valence-electron chi connectivity index (χ2n) is 5.98. The van der Waals surface area contributed by atoms with Gasteiger partial charge in [-0.15, -0.1) is 0 Å². The maximum Gasteiger partial charge on any atom is 0.137 e. The van der Waals surface area contributed by atoms with E-state index in [9.17, 15) is 5.11 Å². The van der Waals surface area contributed by atoms with E-state index in [-0.39, 0.29) is 12.0 Å². The Bertz CT molecular complexity index is 680. The van der Waals surface area contributed by atoms with Crippen LogP contribution in [0.4, 0.5) is 0 Å². The molecule has 3 rings (SSSR count). The monoisotopic (exact) mass is 339 g/mol. The van der Waals surface area contributed by atoms with Gasteiger partial charge in [0.25, 0.3) is 0 Å². The van der Waals surface area contributed by atoms with E-state index in [1.807, 2.05) is 31.2 Å². The number of aromatic nitrogens is 2. The van der Waals surface area contributed by atoms with E-state index >= 15 is 0 Å². The number of rotatable bonds is 6. The summed E-state index contributed by atoms with van der Waals surface area (Å²) in [6.45, 7) is 3.62. The molecule has 0 radical (unpaired) electrons. The third kappa shape index (κ3) is 3.01. The minimum Gasteiger partial charge on any atom is -0.396 e. The summed E-state index contributed by atoms with van der Waals surface area (Å²) < 4.78 is 1.68. The van der Waals surface area contributed by atoms with E-state index in [1.54, 1.807) is 4.68 Å². The predicted octanol–water partition coefficient (Wildman–Crippen LogP) is 3.35. The number of nitrogens with zero attached hydrogens (tertiary/aromatic N) is 2. The summed E-state index contributed by atoms with van der Waals surface area (Å²) in [5.74, 6) is 0. The number of hydrogen-bond acceptors (Lipinski definition) is 3. The van der Waals surface area contributed by atoms with Gasteiger partial charge in [0.2, 0.25) is 0 Å². The maximum atomic E-state index is 9.35. The lowest BCUT2D eigenvalue weighted by atomic mass is 10.1. The molecule has 2 aromatic rings. The van der Waals surface area contributed by atoms with Gasteiger partial charge < -0.3 is 10.4 Å². The molecule has 1 aliphatic rings. The van der Waals surface area contributed by atoms with Gasteiger partial charge in [0.05, 0.1) is 16.4 Å². The van der Waals surface area contributed by atoms with Crippen LogP contribution in [0.3, 0.4) is 0 Å². The van der Waals surface area contributed by atoms with Crippen LogP contribution >= 0.6 is 23.2 Å². The number of nitrogens with one attached hydrogen (secondary N) is 1. The molecule has 1 aliphatic carbocycles. The van der Waals surface area contributed by atoms with Crippen molar-refractivity contribution < 1.29 is 5.11 Å². The van der Waals surface area contributed by atoms with Crippen LogP contribution in [0, 0.1) is 12.3 Å². The number of para-hydroxylation sites is 1. The number of halogens is 2. The summed E-state index contributed by atoms with van der Waals surface area (Å²) in [5.41, 5.74) is 2.71. The van der Waals surface area contributed by atoms with Crippen LogP contribution in [0.25, 0.3) is 5.69 Å². The van der Waals surface area contributed by atoms with Crippen LogP contribution in [-0.2, 0) is 6.54 Å². The fourth-order valence-electron chi connectivity index (χ4n) is 2.54. The molecule has 1 fully saturated rings. The Balaban J connectivity index is 1.77. The zero-order valence-corrected chi connectivity index (χ0v) is 14.0. The first-order chi connectivity index (χ1) is 10.6. The summed E-state index contributed by atoms with van der Waals surface area (Å²) in [6.07, 6.45) is 2.17. The fourth-order valence-corrected chi connectivity index (χ4v) is 3.08. The normalized spacial score (nSPS) is 16.0. The van der Waals surface area contributed by atoms with Crippen LogP contribution in [0.5, 0.6) is 0 Å². The van der Waals surface area contributed by atoms with Crippen molar-refractivity contribution >= 4 is 23.2 Å². The molecule has 6 heteroatoms. The Morgan fingerprint density at radius 1 is 1.32 bits per heavy atom. The zero-order valence-electron chi connectivity index (χ0n) is 12.4. The van der Waals surface area contributed by atoms with E-state index in [0.717, 1.165) is 36.3 Å². The van der Waals surface area contributed by atoms with Gasteiger partial charge in [0.1, 0.15) is 5.15 Å². The van der Waals surface area contributed by atoms with Crippen molar-refractivity contribution in [1.82, 2.24) is 15.1 Å². The van der Waals surface area contributed by atoms with Crippen molar-refractivity contribution in [3.8, 4) is 5.69 Å². The fraction of sp³-hybridized carbons (Fsp3) is 0.438. The van der Waals surface area contributed by atoms with Crippen molar-refractivity contribution in [2.45, 2.75) is 26.3 Å². The Labute approximate surface area is 140 Å². The van der Waals surface area contributed by atoms with Crippen molar-refractivity contribution in [2.24, 2.45) is 5.41 Å². The van der Waals surface area contributed by atoms with Gasteiger partial charge in [-0.3, -0.25) is 0 Å². The number of hydrogen-bond donors (Lipinski definition) is 2. The molecule has 0 bridgehead atoms. The van der Waals surface area contributed by atoms with Crippen molar-refractivity contribution in [3.63, 3.8) is 0 Å². The highest BCUT2D eigenvalue weighted by molar-refractivity contribution is 6.33. The van der Waals surface area contributed by atoms with E-state index in [4.69, 9.17) is 23.2 Å². The Hall–Kier alpha value is -1.07. The van der Waals surface area contributed by atoms with Crippen LogP contribution in [0.1, 0.15) is 24.1 Å². The molecule has 1 aromatic heterocycles.